The van der Waals surface area contributed by atoms with Crippen molar-refractivity contribution in [2.45, 2.75) is 13.0 Å². The Kier molecular flexibility index (Phi) is 7.21. The molecule has 0 aromatic heterocycles. The van der Waals surface area contributed by atoms with Crippen molar-refractivity contribution in [1.82, 2.24) is 0 Å². The molecule has 10 nitrogen and oxygen atoms in total. The van der Waals surface area contributed by atoms with E-state index < -0.39 is 22.7 Å². The first kappa shape index (κ1) is 21.8. The van der Waals surface area contributed by atoms with Crippen molar-refractivity contribution in [2.75, 3.05) is 19.5 Å². The summed E-state index contributed by atoms with van der Waals surface area (Å²) in [5.74, 6) is -0.775. The lowest BCUT2D eigenvalue weighted by atomic mass is 10.2. The van der Waals surface area contributed by atoms with Gasteiger partial charge in [-0.3, -0.25) is 19.7 Å². The van der Waals surface area contributed by atoms with Crippen LogP contribution in [0.25, 0.3) is 0 Å². The Morgan fingerprint density at radius 1 is 1.21 bits per heavy atom. The molecule has 0 saturated carbocycles. The number of hydrogen-bond acceptors (Lipinski definition) is 8. The third-order valence-electron chi connectivity index (χ3n) is 3.71. The number of non-ortho nitro benzene ring substituents is 1. The highest BCUT2D eigenvalue weighted by atomic mass is 35.5. The largest absolute Gasteiger partial charge is 0.493 e. The monoisotopic (exact) mass is 420 g/mol. The Bertz CT molecular complexity index is 979. The van der Waals surface area contributed by atoms with Gasteiger partial charge in [0, 0.05) is 12.1 Å². The maximum absolute atomic E-state index is 12.5. The highest BCUT2D eigenvalue weighted by Crippen LogP contribution is 2.40. The standard InChI is InChI=1S/C18H17ClN4O6/c1-10(24)16(22-21-11-5-4-6-12(9-11)23(26)27)18(25)20-13-7-8-14(28-2)17(29-3)15(13)19/h4-9,16H,1-3H3,(H,20,25). The van der Waals surface area contributed by atoms with Gasteiger partial charge in [-0.25, -0.2) is 0 Å². The van der Waals surface area contributed by atoms with Crippen LogP contribution in [0.5, 0.6) is 11.5 Å². The van der Waals surface area contributed by atoms with Gasteiger partial charge in [0.1, 0.15) is 5.02 Å². The number of amides is 1. The summed E-state index contributed by atoms with van der Waals surface area (Å²) in [4.78, 5) is 34.6. The van der Waals surface area contributed by atoms with E-state index in [1.807, 2.05) is 0 Å². The molecule has 0 fully saturated rings. The van der Waals surface area contributed by atoms with Gasteiger partial charge in [0.05, 0.1) is 30.5 Å². The van der Waals surface area contributed by atoms with Gasteiger partial charge >= 0.3 is 0 Å². The summed E-state index contributed by atoms with van der Waals surface area (Å²) >= 11 is 6.22. The first-order chi connectivity index (χ1) is 13.8. The fourth-order valence-electron chi connectivity index (χ4n) is 2.30. The molecule has 1 atom stereocenters. The number of nitro benzene ring substituents is 1. The summed E-state index contributed by atoms with van der Waals surface area (Å²) in [6.45, 7) is 1.17. The van der Waals surface area contributed by atoms with E-state index in [0.29, 0.717) is 5.75 Å². The number of rotatable bonds is 8. The van der Waals surface area contributed by atoms with E-state index in [2.05, 4.69) is 15.5 Å². The van der Waals surface area contributed by atoms with Crippen LogP contribution in [0.4, 0.5) is 17.1 Å². The second kappa shape index (κ2) is 9.60. The summed E-state index contributed by atoms with van der Waals surface area (Å²) in [6, 6.07) is 6.87. The Morgan fingerprint density at radius 3 is 2.52 bits per heavy atom. The fraction of sp³-hybridized carbons (Fsp3) is 0.222. The third-order valence-corrected chi connectivity index (χ3v) is 4.08. The van der Waals surface area contributed by atoms with E-state index in [1.54, 1.807) is 0 Å². The number of nitrogens with zero attached hydrogens (tertiary/aromatic N) is 3. The highest BCUT2D eigenvalue weighted by Gasteiger charge is 2.25. The molecular weight excluding hydrogens is 404 g/mol. The number of nitro groups is 1. The molecule has 1 amide bonds. The van der Waals surface area contributed by atoms with Gasteiger partial charge in [0.25, 0.3) is 11.6 Å². The Balaban J connectivity index is 2.26. The van der Waals surface area contributed by atoms with Crippen LogP contribution in [0.3, 0.4) is 0 Å². The Hall–Kier alpha value is -3.53. The number of carbonyl (C=O) groups excluding carboxylic acids is 2. The molecule has 0 bridgehead atoms. The molecule has 2 aromatic rings. The number of halogens is 1. The maximum atomic E-state index is 12.5. The van der Waals surface area contributed by atoms with Crippen molar-refractivity contribution in [3.8, 4) is 11.5 Å². The zero-order valence-electron chi connectivity index (χ0n) is 15.7. The number of hydrogen-bond donors (Lipinski definition) is 1. The van der Waals surface area contributed by atoms with Gasteiger partial charge in [-0.15, -0.1) is 0 Å². The van der Waals surface area contributed by atoms with Gasteiger partial charge in [-0.05, 0) is 25.1 Å². The fourth-order valence-corrected chi connectivity index (χ4v) is 2.58. The molecule has 0 aliphatic carbocycles. The molecule has 1 unspecified atom stereocenters. The first-order valence-electron chi connectivity index (χ1n) is 8.15. The third kappa shape index (κ3) is 5.26. The van der Waals surface area contributed by atoms with E-state index in [-0.39, 0.29) is 27.8 Å². The second-order valence-corrected chi connectivity index (χ2v) is 6.04. The van der Waals surface area contributed by atoms with Crippen LogP contribution in [-0.4, -0.2) is 36.9 Å². The topological polar surface area (TPSA) is 132 Å². The van der Waals surface area contributed by atoms with Crippen molar-refractivity contribution in [2.24, 2.45) is 10.2 Å². The SMILES string of the molecule is COc1ccc(NC(=O)C(N=Nc2cccc([N+](=O)[O-])c2)C(C)=O)c(Cl)c1OC. The molecule has 0 saturated heterocycles. The Labute approximate surface area is 170 Å². The van der Waals surface area contributed by atoms with E-state index in [0.717, 1.165) is 0 Å². The molecule has 0 heterocycles. The molecule has 11 heteroatoms. The number of ether oxygens (including phenoxy) is 2. The van der Waals surface area contributed by atoms with Gasteiger partial charge in [0.15, 0.2) is 17.3 Å². The van der Waals surface area contributed by atoms with Crippen LogP contribution in [0.2, 0.25) is 5.02 Å². The van der Waals surface area contributed by atoms with Gasteiger partial charge in [0.2, 0.25) is 6.04 Å². The number of carbonyl (C=O) groups is 2. The van der Waals surface area contributed by atoms with Crippen LogP contribution in [0.15, 0.2) is 46.6 Å². The van der Waals surface area contributed by atoms with Gasteiger partial charge in [-0.1, -0.05) is 17.7 Å². The van der Waals surface area contributed by atoms with E-state index in [4.69, 9.17) is 21.1 Å². The van der Waals surface area contributed by atoms with Crippen molar-refractivity contribution in [3.63, 3.8) is 0 Å². The number of azo groups is 1. The summed E-state index contributed by atoms with van der Waals surface area (Å²) in [5.41, 5.74) is 0.121. The molecule has 29 heavy (non-hydrogen) atoms. The minimum atomic E-state index is -1.47. The lowest BCUT2D eigenvalue weighted by molar-refractivity contribution is -0.384. The zero-order chi connectivity index (χ0) is 21.6. The predicted octanol–water partition coefficient (Wildman–Crippen LogP) is 3.95. The van der Waals surface area contributed by atoms with Gasteiger partial charge in [-0.2, -0.15) is 10.2 Å². The van der Waals surface area contributed by atoms with Crippen molar-refractivity contribution < 1.29 is 24.0 Å². The number of ketones is 1. The molecular formula is C18H17ClN4O6. The van der Waals surface area contributed by atoms with Crippen LogP contribution in [-0.2, 0) is 9.59 Å². The van der Waals surface area contributed by atoms with Crippen molar-refractivity contribution >= 4 is 40.4 Å². The zero-order valence-corrected chi connectivity index (χ0v) is 16.5. The molecule has 0 aliphatic heterocycles. The minimum absolute atomic E-state index is 0.0816. The molecule has 152 valence electrons. The quantitative estimate of drug-likeness (QED) is 0.297. The molecule has 0 radical (unpaired) electrons. The van der Waals surface area contributed by atoms with Gasteiger partial charge < -0.3 is 14.8 Å². The number of Topliss-reactive ketones (excluding diaryl/α,β-unsaturated/α-hetero) is 1. The Morgan fingerprint density at radius 2 is 1.93 bits per heavy atom. The number of methoxy groups -OCH3 is 2. The number of anilines is 1. The maximum Gasteiger partial charge on any atom is 0.271 e. The summed E-state index contributed by atoms with van der Waals surface area (Å²) in [6.07, 6.45) is 0. The van der Waals surface area contributed by atoms with E-state index in [9.17, 15) is 19.7 Å². The molecule has 2 rings (SSSR count). The van der Waals surface area contributed by atoms with E-state index >= 15 is 0 Å². The smallest absolute Gasteiger partial charge is 0.271 e. The lowest BCUT2D eigenvalue weighted by Gasteiger charge is -2.14. The van der Waals surface area contributed by atoms with Crippen molar-refractivity contribution in [3.05, 3.63) is 51.5 Å². The summed E-state index contributed by atoms with van der Waals surface area (Å²) < 4.78 is 10.3. The lowest BCUT2D eigenvalue weighted by Crippen LogP contribution is -2.31. The number of benzene rings is 2. The van der Waals surface area contributed by atoms with Crippen molar-refractivity contribution in [1.29, 1.82) is 0 Å². The van der Waals surface area contributed by atoms with Crippen LogP contribution < -0.4 is 14.8 Å². The summed E-state index contributed by atoms with van der Waals surface area (Å²) in [7, 11) is 2.83. The van der Waals surface area contributed by atoms with E-state index in [1.165, 1.54) is 57.5 Å². The van der Waals surface area contributed by atoms with Crippen LogP contribution in [0.1, 0.15) is 6.92 Å². The van der Waals surface area contributed by atoms with Crippen LogP contribution >= 0.6 is 11.6 Å². The first-order valence-corrected chi connectivity index (χ1v) is 8.53. The summed E-state index contributed by atoms with van der Waals surface area (Å²) in [5, 5.41) is 20.9. The van der Waals surface area contributed by atoms with Crippen LogP contribution in [0, 0.1) is 10.1 Å². The molecule has 0 aliphatic rings. The molecule has 0 spiro atoms. The minimum Gasteiger partial charge on any atom is -0.493 e. The number of nitrogens with one attached hydrogen (secondary N) is 1. The average molecular weight is 421 g/mol. The predicted molar refractivity (Wildman–Crippen MR) is 105 cm³/mol. The molecule has 1 N–H and O–H groups in total. The highest BCUT2D eigenvalue weighted by molar-refractivity contribution is 6.35. The molecule has 2 aromatic carbocycles. The second-order valence-electron chi connectivity index (χ2n) is 5.66. The normalized spacial score (nSPS) is 11.7. The average Bonchev–Trinajstić information content (AvgIpc) is 2.69.